The summed E-state index contributed by atoms with van der Waals surface area (Å²) in [7, 11) is 2.08. The van der Waals surface area contributed by atoms with Crippen LogP contribution in [0.5, 0.6) is 0 Å². The van der Waals surface area contributed by atoms with Gasteiger partial charge in [0.2, 0.25) is 11.8 Å². The molecule has 2 saturated heterocycles. The normalized spacial score (nSPS) is 19.0. The second-order valence-electron chi connectivity index (χ2n) is 8.29. The van der Waals surface area contributed by atoms with Gasteiger partial charge >= 0.3 is 0 Å². The number of nitrogens with zero attached hydrogens (tertiary/aromatic N) is 4. The molecule has 0 bridgehead atoms. The summed E-state index contributed by atoms with van der Waals surface area (Å²) in [5, 5.41) is 0. The van der Waals surface area contributed by atoms with Crippen molar-refractivity contribution in [3.05, 3.63) is 24.3 Å². The predicted octanol–water partition coefficient (Wildman–Crippen LogP) is 2.44. The monoisotopic (exact) mass is 386 g/mol. The van der Waals surface area contributed by atoms with E-state index >= 15 is 0 Å². The lowest BCUT2D eigenvalue weighted by Crippen LogP contribution is -2.47. The van der Waals surface area contributed by atoms with Crippen LogP contribution in [0.3, 0.4) is 0 Å². The molecule has 2 aliphatic heterocycles. The second-order valence-corrected chi connectivity index (χ2v) is 8.29. The Kier molecular flexibility index (Phi) is 6.94. The van der Waals surface area contributed by atoms with Crippen LogP contribution in [0.4, 0.5) is 11.4 Å². The highest BCUT2D eigenvalue weighted by Crippen LogP contribution is 2.25. The van der Waals surface area contributed by atoms with Gasteiger partial charge in [0.25, 0.3) is 0 Å². The summed E-state index contributed by atoms with van der Waals surface area (Å²) in [5.41, 5.74) is 2.08. The number of piperazine rings is 1. The summed E-state index contributed by atoms with van der Waals surface area (Å²) in [4.78, 5) is 33.0. The van der Waals surface area contributed by atoms with Gasteiger partial charge in [-0.2, -0.15) is 0 Å². The van der Waals surface area contributed by atoms with Gasteiger partial charge in [-0.25, -0.2) is 0 Å². The van der Waals surface area contributed by atoms with E-state index in [4.69, 9.17) is 0 Å². The highest BCUT2D eigenvalue weighted by molar-refractivity contribution is 5.92. The number of hydrogen-bond donors (Lipinski definition) is 0. The molecule has 1 aromatic rings. The fourth-order valence-electron chi connectivity index (χ4n) is 4.00. The van der Waals surface area contributed by atoms with Gasteiger partial charge in [-0.05, 0) is 50.1 Å². The van der Waals surface area contributed by atoms with E-state index in [-0.39, 0.29) is 11.8 Å². The molecule has 6 heteroatoms. The molecule has 0 aromatic heterocycles. The van der Waals surface area contributed by atoms with Crippen molar-refractivity contribution in [1.29, 1.82) is 0 Å². The lowest BCUT2D eigenvalue weighted by molar-refractivity contribution is -0.132. The minimum atomic E-state index is -0.0225. The number of likely N-dealkylation sites (N-methyl/N-ethyl adjacent to an activating group) is 1. The molecule has 0 unspecified atom stereocenters. The number of hydrogen-bond acceptors (Lipinski definition) is 4. The molecule has 3 rings (SSSR count). The summed E-state index contributed by atoms with van der Waals surface area (Å²) >= 11 is 0. The fraction of sp³-hybridized carbons (Fsp3) is 0.636. The molecule has 28 heavy (non-hydrogen) atoms. The number of piperidine rings is 1. The van der Waals surface area contributed by atoms with Gasteiger partial charge in [0.1, 0.15) is 0 Å². The summed E-state index contributed by atoms with van der Waals surface area (Å²) in [5.74, 6) is 0.922. The molecule has 6 nitrogen and oxygen atoms in total. The Morgan fingerprint density at radius 3 is 2.18 bits per heavy atom. The lowest BCUT2D eigenvalue weighted by Gasteiger charge is -2.33. The number of carbonyl (C=O) groups excluding carboxylic acids is 2. The topological polar surface area (TPSA) is 47.1 Å². The molecule has 0 N–H and O–H groups in total. The van der Waals surface area contributed by atoms with Crippen LogP contribution < -0.4 is 9.80 Å². The average Bonchev–Trinajstić information content (AvgIpc) is 2.69. The first-order chi connectivity index (χ1) is 13.4. The molecular weight excluding hydrogens is 352 g/mol. The maximum absolute atomic E-state index is 12.5. The largest absolute Gasteiger partial charge is 0.372 e. The molecule has 2 fully saturated rings. The molecule has 2 heterocycles. The number of amides is 2. The first-order valence-corrected chi connectivity index (χ1v) is 10.5. The second kappa shape index (κ2) is 9.41. The zero-order valence-electron chi connectivity index (χ0n) is 17.6. The third-order valence-electron chi connectivity index (χ3n) is 6.10. The highest BCUT2D eigenvalue weighted by Gasteiger charge is 2.21. The van der Waals surface area contributed by atoms with Gasteiger partial charge < -0.3 is 19.6 Å². The molecule has 0 radical (unpaired) electrons. The van der Waals surface area contributed by atoms with Gasteiger partial charge in [0.05, 0.1) is 0 Å². The third-order valence-corrected chi connectivity index (χ3v) is 6.10. The average molecular weight is 387 g/mol. The van der Waals surface area contributed by atoms with Crippen LogP contribution in [-0.2, 0) is 9.59 Å². The Morgan fingerprint density at radius 1 is 1.00 bits per heavy atom. The Morgan fingerprint density at radius 2 is 1.61 bits per heavy atom. The molecule has 2 amide bonds. The minimum Gasteiger partial charge on any atom is -0.372 e. The number of rotatable bonds is 5. The first-order valence-electron chi connectivity index (χ1n) is 10.5. The molecule has 0 aliphatic carbocycles. The highest BCUT2D eigenvalue weighted by atomic mass is 16.2. The van der Waals surface area contributed by atoms with Gasteiger partial charge in [0.15, 0.2) is 0 Å². The maximum Gasteiger partial charge on any atom is 0.224 e. The molecule has 1 aromatic carbocycles. The van der Waals surface area contributed by atoms with E-state index in [0.29, 0.717) is 13.0 Å². The number of benzene rings is 1. The van der Waals surface area contributed by atoms with Crippen molar-refractivity contribution in [1.82, 2.24) is 9.80 Å². The van der Waals surface area contributed by atoms with Crippen molar-refractivity contribution >= 4 is 23.2 Å². The Hall–Kier alpha value is -2.08. The van der Waals surface area contributed by atoms with E-state index in [1.807, 2.05) is 17.0 Å². The maximum atomic E-state index is 12.5. The lowest BCUT2D eigenvalue weighted by atomic mass is 9.99. The van der Waals surface area contributed by atoms with Crippen molar-refractivity contribution in [3.8, 4) is 0 Å². The molecule has 0 saturated carbocycles. The molecule has 0 spiro atoms. The molecular formula is C22H34N4O2. The zero-order chi connectivity index (χ0) is 20.1. The Bertz CT molecular complexity index is 660. The Labute approximate surface area is 169 Å². The van der Waals surface area contributed by atoms with E-state index in [2.05, 4.69) is 35.9 Å². The quantitative estimate of drug-likeness (QED) is 0.780. The van der Waals surface area contributed by atoms with Crippen molar-refractivity contribution in [2.75, 3.05) is 62.7 Å². The minimum absolute atomic E-state index is 0.0225. The van der Waals surface area contributed by atoms with E-state index in [0.717, 1.165) is 50.9 Å². The fourth-order valence-corrected chi connectivity index (χ4v) is 4.00. The van der Waals surface area contributed by atoms with Crippen molar-refractivity contribution in [2.45, 2.75) is 33.1 Å². The van der Waals surface area contributed by atoms with Gasteiger partial charge in [-0.3, -0.25) is 9.59 Å². The van der Waals surface area contributed by atoms with Crippen LogP contribution in [0.2, 0.25) is 0 Å². The van der Waals surface area contributed by atoms with Gasteiger partial charge in [-0.1, -0.05) is 6.92 Å². The van der Waals surface area contributed by atoms with Crippen LogP contribution >= 0.6 is 0 Å². The van der Waals surface area contributed by atoms with E-state index in [9.17, 15) is 9.59 Å². The molecule has 154 valence electrons. The number of carbonyl (C=O) groups is 2. The smallest absolute Gasteiger partial charge is 0.224 e. The van der Waals surface area contributed by atoms with Gasteiger partial charge in [0, 0.05) is 70.5 Å². The van der Waals surface area contributed by atoms with Crippen LogP contribution in [0.1, 0.15) is 33.1 Å². The zero-order valence-corrected chi connectivity index (χ0v) is 17.6. The first kappa shape index (κ1) is 20.6. The third kappa shape index (κ3) is 5.25. The van der Waals surface area contributed by atoms with E-state index in [1.54, 1.807) is 11.8 Å². The number of anilines is 2. The SMILES string of the molecule is CC(=O)N(CCC(=O)N1CCN(C)CC1)c1ccc(N2CCC(C)CC2)cc1. The van der Waals surface area contributed by atoms with Crippen molar-refractivity contribution in [3.63, 3.8) is 0 Å². The van der Waals surface area contributed by atoms with Crippen LogP contribution in [0, 0.1) is 5.92 Å². The predicted molar refractivity (Wildman–Crippen MR) is 114 cm³/mol. The van der Waals surface area contributed by atoms with Crippen LogP contribution in [-0.4, -0.2) is 74.5 Å². The Balaban J connectivity index is 1.57. The van der Waals surface area contributed by atoms with Crippen molar-refractivity contribution < 1.29 is 9.59 Å². The summed E-state index contributed by atoms with van der Waals surface area (Å²) in [6, 6.07) is 8.22. The van der Waals surface area contributed by atoms with Crippen LogP contribution in [0.15, 0.2) is 24.3 Å². The molecule has 2 aliphatic rings. The van der Waals surface area contributed by atoms with Crippen molar-refractivity contribution in [2.24, 2.45) is 5.92 Å². The van der Waals surface area contributed by atoms with E-state index < -0.39 is 0 Å². The van der Waals surface area contributed by atoms with Gasteiger partial charge in [-0.15, -0.1) is 0 Å². The standard InChI is InChI=1S/C22H34N4O2/c1-18-8-11-24(12-9-18)20-4-6-21(7-5-20)26(19(2)27)13-10-22(28)25-16-14-23(3)15-17-25/h4-7,18H,8-17H2,1-3H3. The summed E-state index contributed by atoms with van der Waals surface area (Å²) < 4.78 is 0. The summed E-state index contributed by atoms with van der Waals surface area (Å²) in [6.45, 7) is 9.89. The summed E-state index contributed by atoms with van der Waals surface area (Å²) in [6.07, 6.45) is 2.83. The van der Waals surface area contributed by atoms with Crippen LogP contribution in [0.25, 0.3) is 0 Å². The van der Waals surface area contributed by atoms with E-state index in [1.165, 1.54) is 18.5 Å². The molecule has 0 atom stereocenters.